The molecule has 0 aromatic rings. The second-order valence-electron chi connectivity index (χ2n) is 2.27. The molecule has 0 saturated carbocycles. The van der Waals surface area contributed by atoms with E-state index in [-0.39, 0.29) is 0 Å². The van der Waals surface area contributed by atoms with E-state index < -0.39 is 0 Å². The van der Waals surface area contributed by atoms with E-state index in [4.69, 9.17) is 4.74 Å². The SMILES string of the molecule is CCN(CC)C1=CC=CO[C]1. The van der Waals surface area contributed by atoms with Crippen molar-refractivity contribution in [2.75, 3.05) is 13.1 Å². The largest absolute Gasteiger partial charge is 0.479 e. The first-order chi connectivity index (χ1) is 5.38. The minimum Gasteiger partial charge on any atom is -0.479 e. The first-order valence-electron chi connectivity index (χ1n) is 3.92. The molecule has 1 heterocycles. The van der Waals surface area contributed by atoms with Gasteiger partial charge in [0.15, 0.2) is 0 Å². The molecule has 0 N–H and O–H groups in total. The highest BCUT2D eigenvalue weighted by Gasteiger charge is 2.08. The van der Waals surface area contributed by atoms with E-state index >= 15 is 0 Å². The summed E-state index contributed by atoms with van der Waals surface area (Å²) in [6, 6.07) is 0. The molecule has 60 valence electrons. The molecule has 0 atom stereocenters. The average molecular weight is 151 g/mol. The number of nitrogens with zero attached hydrogens (tertiary/aromatic N) is 1. The number of hydrogen-bond donors (Lipinski definition) is 0. The van der Waals surface area contributed by atoms with Gasteiger partial charge in [0.05, 0.1) is 12.0 Å². The molecule has 0 unspecified atom stereocenters. The molecule has 0 aliphatic carbocycles. The molecule has 0 spiro atoms. The Kier molecular flexibility index (Phi) is 3.02. The molecule has 2 radical (unpaired) electrons. The van der Waals surface area contributed by atoms with Gasteiger partial charge in [-0.1, -0.05) is 0 Å². The van der Waals surface area contributed by atoms with E-state index in [1.54, 1.807) is 6.26 Å². The van der Waals surface area contributed by atoms with Crippen LogP contribution in [-0.4, -0.2) is 18.0 Å². The zero-order valence-corrected chi connectivity index (χ0v) is 7.00. The smallest absolute Gasteiger partial charge is 0.246 e. The molecule has 1 aliphatic rings. The predicted octanol–water partition coefficient (Wildman–Crippen LogP) is 1.79. The summed E-state index contributed by atoms with van der Waals surface area (Å²) in [5, 5.41) is 0. The van der Waals surface area contributed by atoms with E-state index in [1.807, 2.05) is 12.2 Å². The van der Waals surface area contributed by atoms with Gasteiger partial charge in [0.25, 0.3) is 0 Å². The quantitative estimate of drug-likeness (QED) is 0.609. The number of rotatable bonds is 3. The van der Waals surface area contributed by atoms with Crippen LogP contribution in [0, 0.1) is 6.61 Å². The van der Waals surface area contributed by atoms with Gasteiger partial charge in [-0.3, -0.25) is 0 Å². The van der Waals surface area contributed by atoms with Crippen LogP contribution in [0.15, 0.2) is 24.1 Å². The average Bonchev–Trinajstić information content (AvgIpc) is 2.09. The lowest BCUT2D eigenvalue weighted by Crippen LogP contribution is -2.23. The highest BCUT2D eigenvalue weighted by Crippen LogP contribution is 2.12. The maximum absolute atomic E-state index is 4.93. The topological polar surface area (TPSA) is 12.5 Å². The Labute approximate surface area is 68.1 Å². The maximum atomic E-state index is 4.93. The highest BCUT2D eigenvalue weighted by molar-refractivity contribution is 5.19. The summed E-state index contributed by atoms with van der Waals surface area (Å²) in [6.45, 7) is 9.04. The van der Waals surface area contributed by atoms with Crippen LogP contribution in [0.4, 0.5) is 0 Å². The zero-order chi connectivity index (χ0) is 8.10. The molecular formula is C9H13NO. The number of allylic oxidation sites excluding steroid dienone is 2. The van der Waals surface area contributed by atoms with Gasteiger partial charge in [-0.2, -0.15) is 0 Å². The van der Waals surface area contributed by atoms with Crippen LogP contribution in [-0.2, 0) is 4.74 Å². The molecule has 0 aromatic carbocycles. The zero-order valence-electron chi connectivity index (χ0n) is 7.00. The molecule has 2 nitrogen and oxygen atoms in total. The van der Waals surface area contributed by atoms with E-state index in [2.05, 4.69) is 25.4 Å². The number of hydrogen-bond acceptors (Lipinski definition) is 2. The minimum absolute atomic E-state index is 0.993. The summed E-state index contributed by atoms with van der Waals surface area (Å²) in [6.07, 6.45) is 5.49. The normalized spacial score (nSPS) is 15.6. The fraction of sp³-hybridized carbons (Fsp3) is 0.444. The molecule has 0 fully saturated rings. The van der Waals surface area contributed by atoms with Crippen LogP contribution < -0.4 is 0 Å². The van der Waals surface area contributed by atoms with Gasteiger partial charge in [-0.25, -0.2) is 0 Å². The third-order valence-corrected chi connectivity index (χ3v) is 1.67. The predicted molar refractivity (Wildman–Crippen MR) is 44.5 cm³/mol. The van der Waals surface area contributed by atoms with Crippen molar-refractivity contribution in [3.63, 3.8) is 0 Å². The lowest BCUT2D eigenvalue weighted by Gasteiger charge is -2.23. The van der Waals surface area contributed by atoms with E-state index in [0.717, 1.165) is 18.8 Å². The Morgan fingerprint density at radius 3 is 2.64 bits per heavy atom. The van der Waals surface area contributed by atoms with Gasteiger partial charge in [-0.15, -0.1) is 0 Å². The van der Waals surface area contributed by atoms with Crippen molar-refractivity contribution in [3.8, 4) is 0 Å². The summed E-state index contributed by atoms with van der Waals surface area (Å²) < 4.78 is 4.93. The molecule has 0 aromatic heterocycles. The van der Waals surface area contributed by atoms with Crippen molar-refractivity contribution in [2.45, 2.75) is 13.8 Å². The second kappa shape index (κ2) is 4.06. The third kappa shape index (κ3) is 2.00. The first kappa shape index (κ1) is 8.18. The van der Waals surface area contributed by atoms with Crippen molar-refractivity contribution in [2.24, 2.45) is 0 Å². The van der Waals surface area contributed by atoms with Crippen molar-refractivity contribution in [1.82, 2.24) is 4.90 Å². The van der Waals surface area contributed by atoms with Gasteiger partial charge in [-0.05, 0) is 26.0 Å². The molecule has 1 rings (SSSR count). The lowest BCUT2D eigenvalue weighted by atomic mass is 10.3. The number of ether oxygens (including phenoxy) is 1. The second-order valence-corrected chi connectivity index (χ2v) is 2.27. The highest BCUT2D eigenvalue weighted by atomic mass is 16.5. The molecule has 0 saturated heterocycles. The van der Waals surface area contributed by atoms with E-state index in [1.165, 1.54) is 0 Å². The van der Waals surface area contributed by atoms with Crippen molar-refractivity contribution in [1.29, 1.82) is 0 Å². The van der Waals surface area contributed by atoms with Gasteiger partial charge < -0.3 is 9.64 Å². The first-order valence-corrected chi connectivity index (χ1v) is 3.92. The van der Waals surface area contributed by atoms with Crippen LogP contribution in [0.5, 0.6) is 0 Å². The maximum Gasteiger partial charge on any atom is 0.246 e. The molecule has 0 amide bonds. The Bertz CT molecular complexity index is 168. The Morgan fingerprint density at radius 1 is 1.45 bits per heavy atom. The monoisotopic (exact) mass is 151 g/mol. The van der Waals surface area contributed by atoms with E-state index in [9.17, 15) is 0 Å². The Hall–Kier alpha value is -0.920. The van der Waals surface area contributed by atoms with Crippen molar-refractivity contribution < 1.29 is 4.74 Å². The minimum atomic E-state index is 0.993. The fourth-order valence-electron chi connectivity index (χ4n) is 1.03. The summed E-state index contributed by atoms with van der Waals surface area (Å²) in [5.74, 6) is 0. The summed E-state index contributed by atoms with van der Waals surface area (Å²) in [7, 11) is 0. The summed E-state index contributed by atoms with van der Waals surface area (Å²) in [5.41, 5.74) is 1.03. The van der Waals surface area contributed by atoms with Crippen LogP contribution in [0.1, 0.15) is 13.8 Å². The molecule has 2 heteroatoms. The van der Waals surface area contributed by atoms with Crippen LogP contribution in [0.2, 0.25) is 0 Å². The van der Waals surface area contributed by atoms with Gasteiger partial charge in [0.1, 0.15) is 0 Å². The van der Waals surface area contributed by atoms with Crippen molar-refractivity contribution in [3.05, 3.63) is 30.7 Å². The van der Waals surface area contributed by atoms with Crippen LogP contribution >= 0.6 is 0 Å². The standard InChI is InChI=1S/C9H13NO/c1-3-10(4-2)9-6-5-7-11-8-9/h5-7H,3-4H2,1-2H3. The molecule has 0 bridgehead atoms. The van der Waals surface area contributed by atoms with Gasteiger partial charge in [0.2, 0.25) is 6.61 Å². The van der Waals surface area contributed by atoms with Gasteiger partial charge in [0, 0.05) is 13.1 Å². The fourth-order valence-corrected chi connectivity index (χ4v) is 1.03. The van der Waals surface area contributed by atoms with Crippen LogP contribution in [0.25, 0.3) is 0 Å². The van der Waals surface area contributed by atoms with Crippen molar-refractivity contribution >= 4 is 0 Å². The molecule has 11 heavy (non-hydrogen) atoms. The molecular weight excluding hydrogens is 138 g/mol. The summed E-state index contributed by atoms with van der Waals surface area (Å²) >= 11 is 0. The summed E-state index contributed by atoms with van der Waals surface area (Å²) in [4.78, 5) is 2.18. The lowest BCUT2D eigenvalue weighted by molar-refractivity contribution is 0.286. The van der Waals surface area contributed by atoms with Gasteiger partial charge >= 0.3 is 0 Å². The van der Waals surface area contributed by atoms with E-state index in [0.29, 0.717) is 0 Å². The van der Waals surface area contributed by atoms with Crippen LogP contribution in [0.3, 0.4) is 0 Å². The Balaban J connectivity index is 2.56. The Morgan fingerprint density at radius 2 is 2.18 bits per heavy atom. The third-order valence-electron chi connectivity index (χ3n) is 1.67. The number of likely N-dealkylation sites (N-methyl/N-ethyl adjacent to an activating group) is 1. The molecule has 1 aliphatic heterocycles.